The summed E-state index contributed by atoms with van der Waals surface area (Å²) in [7, 11) is 3.62. The molecule has 0 fully saturated rings. The number of aromatic nitrogens is 2. The minimum absolute atomic E-state index is 0.243. The van der Waals surface area contributed by atoms with Gasteiger partial charge in [0.15, 0.2) is 0 Å². The highest BCUT2D eigenvalue weighted by molar-refractivity contribution is 5.14. The number of hydrogen-bond acceptors (Lipinski definition) is 4. The molecule has 0 radical (unpaired) electrons. The van der Waals surface area contributed by atoms with Crippen LogP contribution in [0.2, 0.25) is 0 Å². The Labute approximate surface area is 104 Å². The zero-order valence-electron chi connectivity index (χ0n) is 11.4. The van der Waals surface area contributed by atoms with Gasteiger partial charge in [-0.05, 0) is 18.9 Å². The Balaban J connectivity index is 2.80. The number of rotatable bonds is 6. The van der Waals surface area contributed by atoms with Crippen LogP contribution in [0.1, 0.15) is 32.9 Å². The van der Waals surface area contributed by atoms with E-state index in [4.69, 9.17) is 4.74 Å². The highest BCUT2D eigenvalue weighted by Crippen LogP contribution is 2.27. The Morgan fingerprint density at radius 3 is 2.65 bits per heavy atom. The van der Waals surface area contributed by atoms with Crippen LogP contribution in [0.25, 0.3) is 0 Å². The summed E-state index contributed by atoms with van der Waals surface area (Å²) in [6, 6.07) is 2.29. The largest absolute Gasteiger partial charge is 0.481 e. The van der Waals surface area contributed by atoms with Gasteiger partial charge in [0.1, 0.15) is 6.33 Å². The molecule has 0 aromatic carbocycles. The fourth-order valence-electron chi connectivity index (χ4n) is 1.82. The van der Waals surface area contributed by atoms with Crippen molar-refractivity contribution in [3.63, 3.8) is 0 Å². The summed E-state index contributed by atoms with van der Waals surface area (Å²) in [6.07, 6.45) is 3.57. The highest BCUT2D eigenvalue weighted by Gasteiger charge is 2.26. The molecule has 0 aliphatic carbocycles. The molecule has 0 saturated heterocycles. The number of ether oxygens (including phenoxy) is 1. The van der Waals surface area contributed by atoms with Crippen LogP contribution < -0.4 is 10.1 Å². The normalized spacial score (nSPS) is 13.5. The molecule has 1 unspecified atom stereocenters. The third-order valence-electron chi connectivity index (χ3n) is 3.52. The van der Waals surface area contributed by atoms with Crippen molar-refractivity contribution in [2.75, 3.05) is 14.2 Å². The summed E-state index contributed by atoms with van der Waals surface area (Å²) in [4.78, 5) is 8.31. The van der Waals surface area contributed by atoms with Gasteiger partial charge in [-0.2, -0.15) is 0 Å². The van der Waals surface area contributed by atoms with Crippen molar-refractivity contribution in [3.05, 3.63) is 18.1 Å². The molecule has 4 nitrogen and oxygen atoms in total. The Morgan fingerprint density at radius 1 is 1.41 bits per heavy atom. The monoisotopic (exact) mass is 237 g/mol. The van der Waals surface area contributed by atoms with Crippen LogP contribution in [0.3, 0.4) is 0 Å². The topological polar surface area (TPSA) is 47.0 Å². The summed E-state index contributed by atoms with van der Waals surface area (Å²) in [6.45, 7) is 6.75. The van der Waals surface area contributed by atoms with E-state index in [1.54, 1.807) is 13.4 Å². The van der Waals surface area contributed by atoms with Crippen molar-refractivity contribution in [3.8, 4) is 5.88 Å². The van der Waals surface area contributed by atoms with E-state index in [9.17, 15) is 0 Å². The predicted molar refractivity (Wildman–Crippen MR) is 69.2 cm³/mol. The molecule has 1 heterocycles. The molecule has 17 heavy (non-hydrogen) atoms. The van der Waals surface area contributed by atoms with E-state index in [0.29, 0.717) is 11.9 Å². The lowest BCUT2D eigenvalue weighted by Gasteiger charge is -2.33. The van der Waals surface area contributed by atoms with Gasteiger partial charge in [-0.15, -0.1) is 0 Å². The van der Waals surface area contributed by atoms with E-state index in [1.165, 1.54) is 0 Å². The van der Waals surface area contributed by atoms with Gasteiger partial charge in [0.2, 0.25) is 5.88 Å². The van der Waals surface area contributed by atoms with E-state index in [1.807, 2.05) is 13.1 Å². The standard InChI is InChI=1S/C13H23N3O/c1-6-13(2,3)11(14-4)7-10-8-12(17-5)16-9-15-10/h8-9,11,14H,6-7H2,1-5H3. The van der Waals surface area contributed by atoms with Gasteiger partial charge in [0.25, 0.3) is 0 Å². The van der Waals surface area contributed by atoms with Gasteiger partial charge < -0.3 is 10.1 Å². The zero-order chi connectivity index (χ0) is 12.9. The molecule has 0 spiro atoms. The maximum atomic E-state index is 5.11. The molecule has 0 aliphatic rings. The van der Waals surface area contributed by atoms with E-state index in [2.05, 4.69) is 36.1 Å². The van der Waals surface area contributed by atoms with Crippen molar-refractivity contribution < 1.29 is 4.74 Å². The summed E-state index contributed by atoms with van der Waals surface area (Å²) < 4.78 is 5.11. The van der Waals surface area contributed by atoms with Crippen molar-refractivity contribution in [2.45, 2.75) is 39.7 Å². The Hall–Kier alpha value is -1.16. The van der Waals surface area contributed by atoms with Gasteiger partial charge >= 0.3 is 0 Å². The van der Waals surface area contributed by atoms with E-state index in [0.717, 1.165) is 18.5 Å². The third kappa shape index (κ3) is 3.66. The lowest BCUT2D eigenvalue weighted by Crippen LogP contribution is -2.41. The maximum absolute atomic E-state index is 5.11. The van der Waals surface area contributed by atoms with E-state index < -0.39 is 0 Å². The van der Waals surface area contributed by atoms with Crippen molar-refractivity contribution in [1.29, 1.82) is 0 Å². The summed E-state index contributed by atoms with van der Waals surface area (Å²) in [5, 5.41) is 3.38. The zero-order valence-corrected chi connectivity index (χ0v) is 11.4. The van der Waals surface area contributed by atoms with Crippen LogP contribution in [-0.4, -0.2) is 30.2 Å². The Morgan fingerprint density at radius 2 is 2.12 bits per heavy atom. The molecule has 1 rings (SSSR count). The molecule has 96 valence electrons. The van der Waals surface area contributed by atoms with Gasteiger partial charge in [0.05, 0.1) is 7.11 Å². The summed E-state index contributed by atoms with van der Waals surface area (Å²) in [5.41, 5.74) is 1.25. The fraction of sp³-hybridized carbons (Fsp3) is 0.692. The molecule has 0 amide bonds. The first-order valence-electron chi connectivity index (χ1n) is 6.05. The van der Waals surface area contributed by atoms with Crippen LogP contribution in [-0.2, 0) is 6.42 Å². The first-order valence-corrected chi connectivity index (χ1v) is 6.05. The Kier molecular flexibility index (Phi) is 4.87. The van der Waals surface area contributed by atoms with Crippen LogP contribution in [0.15, 0.2) is 12.4 Å². The van der Waals surface area contributed by atoms with Crippen molar-refractivity contribution >= 4 is 0 Å². The highest BCUT2D eigenvalue weighted by atomic mass is 16.5. The SMILES string of the molecule is CCC(C)(C)C(Cc1cc(OC)ncn1)NC. The molecule has 0 aliphatic heterocycles. The Bertz CT molecular complexity index is 352. The average molecular weight is 237 g/mol. The fourth-order valence-corrected chi connectivity index (χ4v) is 1.82. The average Bonchev–Trinajstić information content (AvgIpc) is 2.36. The summed E-state index contributed by atoms with van der Waals surface area (Å²) in [5.74, 6) is 0.624. The van der Waals surface area contributed by atoms with Crippen LogP contribution in [0.5, 0.6) is 5.88 Å². The lowest BCUT2D eigenvalue weighted by molar-refractivity contribution is 0.239. The first-order chi connectivity index (χ1) is 8.03. The molecular weight excluding hydrogens is 214 g/mol. The quantitative estimate of drug-likeness (QED) is 0.822. The second-order valence-electron chi connectivity index (χ2n) is 4.94. The molecule has 1 N–H and O–H groups in total. The lowest BCUT2D eigenvalue weighted by atomic mass is 9.80. The smallest absolute Gasteiger partial charge is 0.216 e. The van der Waals surface area contributed by atoms with Gasteiger partial charge in [0, 0.05) is 24.2 Å². The maximum Gasteiger partial charge on any atom is 0.216 e. The van der Waals surface area contributed by atoms with Gasteiger partial charge in [-0.3, -0.25) is 0 Å². The minimum Gasteiger partial charge on any atom is -0.481 e. The van der Waals surface area contributed by atoms with Crippen LogP contribution in [0, 0.1) is 5.41 Å². The van der Waals surface area contributed by atoms with Crippen molar-refractivity contribution in [2.24, 2.45) is 5.41 Å². The van der Waals surface area contributed by atoms with E-state index >= 15 is 0 Å². The number of nitrogens with one attached hydrogen (secondary N) is 1. The molecule has 0 saturated carbocycles. The predicted octanol–water partition coefficient (Wildman–Crippen LogP) is 2.05. The second-order valence-corrected chi connectivity index (χ2v) is 4.94. The molecular formula is C13H23N3O. The van der Waals surface area contributed by atoms with Gasteiger partial charge in [-0.25, -0.2) is 9.97 Å². The number of hydrogen-bond donors (Lipinski definition) is 1. The summed E-state index contributed by atoms with van der Waals surface area (Å²) >= 11 is 0. The number of nitrogens with zero attached hydrogens (tertiary/aromatic N) is 2. The molecule has 1 aromatic rings. The molecule has 0 bridgehead atoms. The molecule has 1 atom stereocenters. The molecule has 4 heteroatoms. The van der Waals surface area contributed by atoms with Crippen LogP contribution in [0.4, 0.5) is 0 Å². The van der Waals surface area contributed by atoms with E-state index in [-0.39, 0.29) is 5.41 Å². The van der Waals surface area contributed by atoms with Crippen molar-refractivity contribution in [1.82, 2.24) is 15.3 Å². The first kappa shape index (κ1) is 13.9. The number of methoxy groups -OCH3 is 1. The minimum atomic E-state index is 0.243. The van der Waals surface area contributed by atoms with Gasteiger partial charge in [-0.1, -0.05) is 20.8 Å². The third-order valence-corrected chi connectivity index (χ3v) is 3.52. The molecule has 1 aromatic heterocycles. The second kappa shape index (κ2) is 5.96. The number of likely N-dealkylation sites (N-methyl/N-ethyl adjacent to an activating group) is 1. The van der Waals surface area contributed by atoms with Crippen LogP contribution >= 0.6 is 0 Å².